The molecule has 70 valence electrons. The zero-order chi connectivity index (χ0) is 9.97. The van der Waals surface area contributed by atoms with Crippen molar-refractivity contribution in [2.75, 3.05) is 6.61 Å². The van der Waals surface area contributed by atoms with Gasteiger partial charge in [-0.05, 0) is 17.7 Å². The monoisotopic (exact) mass is 187 g/mol. The van der Waals surface area contributed by atoms with Gasteiger partial charge < -0.3 is 10.4 Å². The molecule has 3 nitrogen and oxygen atoms in total. The minimum Gasteiger partial charge on any atom is -0.384 e. The van der Waals surface area contributed by atoms with E-state index >= 15 is 0 Å². The van der Waals surface area contributed by atoms with E-state index in [1.165, 1.54) is 0 Å². The first-order valence-electron chi connectivity index (χ1n) is 4.32. The molecule has 1 amide bonds. The Morgan fingerprint density at radius 1 is 1.50 bits per heavy atom. The van der Waals surface area contributed by atoms with E-state index < -0.39 is 0 Å². The fraction of sp³-hybridized carbons (Fsp3) is 0.182. The Morgan fingerprint density at radius 2 is 2.36 bits per heavy atom. The number of amides is 1. The molecule has 1 heterocycles. The Morgan fingerprint density at radius 3 is 3.14 bits per heavy atom. The lowest BCUT2D eigenvalue weighted by atomic mass is 10.1. The Balaban J connectivity index is 2.39. The highest BCUT2D eigenvalue weighted by Gasteiger charge is 2.17. The molecule has 0 saturated carbocycles. The average molecular weight is 187 g/mol. The van der Waals surface area contributed by atoms with Crippen LogP contribution >= 0.6 is 0 Å². The van der Waals surface area contributed by atoms with Crippen LogP contribution in [0.15, 0.2) is 18.2 Å². The van der Waals surface area contributed by atoms with Gasteiger partial charge in [-0.2, -0.15) is 0 Å². The van der Waals surface area contributed by atoms with Crippen molar-refractivity contribution in [2.45, 2.75) is 6.54 Å². The summed E-state index contributed by atoms with van der Waals surface area (Å²) in [4.78, 5) is 11.3. The number of hydrogen-bond acceptors (Lipinski definition) is 2. The lowest BCUT2D eigenvalue weighted by Crippen LogP contribution is -2.12. The van der Waals surface area contributed by atoms with Crippen LogP contribution in [0, 0.1) is 11.8 Å². The average Bonchev–Trinajstić information content (AvgIpc) is 2.57. The van der Waals surface area contributed by atoms with Gasteiger partial charge in [-0.3, -0.25) is 4.79 Å². The Hall–Kier alpha value is -1.79. The molecule has 1 aliphatic rings. The van der Waals surface area contributed by atoms with Crippen LogP contribution in [-0.2, 0) is 6.54 Å². The summed E-state index contributed by atoms with van der Waals surface area (Å²) in [5.41, 5.74) is 2.45. The number of nitrogens with one attached hydrogen (secondary N) is 1. The Labute approximate surface area is 81.8 Å². The summed E-state index contributed by atoms with van der Waals surface area (Å²) in [6, 6.07) is 5.48. The fourth-order valence-corrected chi connectivity index (χ4v) is 1.43. The maximum Gasteiger partial charge on any atom is 0.251 e. The number of aliphatic hydroxyl groups is 1. The van der Waals surface area contributed by atoms with Gasteiger partial charge in [0.2, 0.25) is 0 Å². The molecule has 1 aromatic rings. The van der Waals surface area contributed by atoms with Gasteiger partial charge >= 0.3 is 0 Å². The lowest BCUT2D eigenvalue weighted by molar-refractivity contribution is 0.0965. The first kappa shape index (κ1) is 8.79. The predicted molar refractivity (Wildman–Crippen MR) is 51.6 cm³/mol. The number of benzene rings is 1. The third kappa shape index (κ3) is 1.48. The normalized spacial score (nSPS) is 12.8. The van der Waals surface area contributed by atoms with E-state index in [-0.39, 0.29) is 12.5 Å². The van der Waals surface area contributed by atoms with E-state index in [9.17, 15) is 4.79 Å². The highest BCUT2D eigenvalue weighted by atomic mass is 16.2. The van der Waals surface area contributed by atoms with Crippen molar-refractivity contribution in [3.05, 3.63) is 34.9 Å². The first-order chi connectivity index (χ1) is 6.81. The summed E-state index contributed by atoms with van der Waals surface area (Å²) in [5.74, 6) is 5.26. The highest BCUT2D eigenvalue weighted by Crippen LogP contribution is 2.16. The molecule has 0 aromatic heterocycles. The van der Waals surface area contributed by atoms with E-state index in [2.05, 4.69) is 17.2 Å². The standard InChI is InChI=1S/C11H9NO2/c13-5-1-2-8-3-4-9-7-12-11(14)10(9)6-8/h3-4,6,13H,5,7H2,(H,12,14). The second-order valence-corrected chi connectivity index (χ2v) is 3.01. The zero-order valence-corrected chi connectivity index (χ0v) is 7.50. The van der Waals surface area contributed by atoms with E-state index in [1.807, 2.05) is 12.1 Å². The zero-order valence-electron chi connectivity index (χ0n) is 7.50. The van der Waals surface area contributed by atoms with Gasteiger partial charge in [0, 0.05) is 17.7 Å². The molecule has 0 unspecified atom stereocenters. The van der Waals surface area contributed by atoms with Crippen LogP contribution in [0.4, 0.5) is 0 Å². The number of carbonyl (C=O) groups is 1. The van der Waals surface area contributed by atoms with Crippen LogP contribution in [0.5, 0.6) is 0 Å². The summed E-state index contributed by atoms with van der Waals surface area (Å²) in [6.45, 7) is 0.436. The fourth-order valence-electron chi connectivity index (χ4n) is 1.43. The second kappa shape index (κ2) is 3.52. The van der Waals surface area contributed by atoms with Crippen molar-refractivity contribution in [3.63, 3.8) is 0 Å². The molecule has 0 fully saturated rings. The molecule has 14 heavy (non-hydrogen) atoms. The summed E-state index contributed by atoms with van der Waals surface area (Å²) in [7, 11) is 0. The van der Waals surface area contributed by atoms with Gasteiger partial charge in [-0.25, -0.2) is 0 Å². The highest BCUT2D eigenvalue weighted by molar-refractivity contribution is 5.98. The van der Waals surface area contributed by atoms with Crippen LogP contribution < -0.4 is 5.32 Å². The Kier molecular flexibility index (Phi) is 2.21. The maximum atomic E-state index is 11.3. The van der Waals surface area contributed by atoms with Crippen LogP contribution in [0.1, 0.15) is 21.5 Å². The van der Waals surface area contributed by atoms with Gasteiger partial charge in [0.05, 0.1) is 0 Å². The largest absolute Gasteiger partial charge is 0.384 e. The van der Waals surface area contributed by atoms with Gasteiger partial charge in [-0.15, -0.1) is 0 Å². The van der Waals surface area contributed by atoms with Gasteiger partial charge in [-0.1, -0.05) is 17.9 Å². The van der Waals surface area contributed by atoms with Gasteiger partial charge in [0.1, 0.15) is 6.61 Å². The second-order valence-electron chi connectivity index (χ2n) is 3.01. The minimum atomic E-state index is -0.163. The molecule has 0 bridgehead atoms. The molecule has 2 N–H and O–H groups in total. The van der Waals surface area contributed by atoms with Crippen molar-refractivity contribution >= 4 is 5.91 Å². The molecular weight excluding hydrogens is 178 g/mol. The summed E-state index contributed by atoms with van der Waals surface area (Å²) in [5, 5.41) is 11.3. The van der Waals surface area contributed by atoms with Crippen molar-refractivity contribution in [1.29, 1.82) is 0 Å². The molecule has 2 rings (SSSR count). The summed E-state index contributed by atoms with van der Waals surface area (Å²) in [6.07, 6.45) is 0. The third-order valence-corrected chi connectivity index (χ3v) is 2.11. The topological polar surface area (TPSA) is 49.3 Å². The van der Waals surface area contributed by atoms with Crippen LogP contribution in [0.25, 0.3) is 0 Å². The SMILES string of the molecule is O=C1NCc2ccc(C#CCO)cc21. The summed E-state index contributed by atoms with van der Waals surface area (Å²) >= 11 is 0. The number of aliphatic hydroxyl groups excluding tert-OH is 1. The predicted octanol–water partition coefficient (Wildman–Crippen LogP) is 0.274. The van der Waals surface area contributed by atoms with Crippen molar-refractivity contribution in [3.8, 4) is 11.8 Å². The molecule has 0 spiro atoms. The molecule has 0 atom stereocenters. The number of hydrogen-bond donors (Lipinski definition) is 2. The lowest BCUT2D eigenvalue weighted by Gasteiger charge is -1.95. The molecular formula is C11H9NO2. The van der Waals surface area contributed by atoms with Crippen molar-refractivity contribution in [2.24, 2.45) is 0 Å². The van der Waals surface area contributed by atoms with Crippen molar-refractivity contribution < 1.29 is 9.90 Å². The summed E-state index contributed by atoms with van der Waals surface area (Å²) < 4.78 is 0. The number of rotatable bonds is 0. The van der Waals surface area contributed by atoms with E-state index in [0.717, 1.165) is 11.1 Å². The van der Waals surface area contributed by atoms with E-state index in [1.54, 1.807) is 6.07 Å². The smallest absolute Gasteiger partial charge is 0.251 e. The Bertz CT molecular complexity index is 440. The molecule has 0 radical (unpaired) electrons. The van der Waals surface area contributed by atoms with E-state index in [4.69, 9.17) is 5.11 Å². The van der Waals surface area contributed by atoms with Crippen LogP contribution in [0.3, 0.4) is 0 Å². The molecule has 0 saturated heterocycles. The quantitative estimate of drug-likeness (QED) is 0.573. The number of fused-ring (bicyclic) bond motifs is 1. The third-order valence-electron chi connectivity index (χ3n) is 2.11. The van der Waals surface area contributed by atoms with Crippen LogP contribution in [-0.4, -0.2) is 17.6 Å². The molecule has 0 aliphatic carbocycles. The molecule has 1 aromatic carbocycles. The maximum absolute atomic E-state index is 11.3. The van der Waals surface area contributed by atoms with Crippen LogP contribution in [0.2, 0.25) is 0 Å². The molecule has 3 heteroatoms. The van der Waals surface area contributed by atoms with Gasteiger partial charge in [0.15, 0.2) is 0 Å². The van der Waals surface area contributed by atoms with Gasteiger partial charge in [0.25, 0.3) is 5.91 Å². The molecule has 1 aliphatic heterocycles. The first-order valence-corrected chi connectivity index (χ1v) is 4.32. The minimum absolute atomic E-state index is 0.0485. The van der Waals surface area contributed by atoms with Crippen molar-refractivity contribution in [1.82, 2.24) is 5.32 Å². The number of carbonyl (C=O) groups excluding carboxylic acids is 1. The van der Waals surface area contributed by atoms with E-state index in [0.29, 0.717) is 12.1 Å².